The second-order valence-electron chi connectivity index (χ2n) is 6.45. The number of carbonyl (C=O) groups excluding carboxylic acids is 1. The average Bonchev–Trinajstić information content (AvgIpc) is 3.09. The lowest BCUT2D eigenvalue weighted by Gasteiger charge is -2.20. The Morgan fingerprint density at radius 2 is 2.04 bits per heavy atom. The van der Waals surface area contributed by atoms with Crippen molar-refractivity contribution in [2.45, 2.75) is 36.7 Å². The molecule has 10 heteroatoms. The van der Waals surface area contributed by atoms with Gasteiger partial charge in [-0.25, -0.2) is 13.6 Å². The number of aromatic nitrogens is 2. The van der Waals surface area contributed by atoms with E-state index in [4.69, 9.17) is 5.14 Å². The smallest absolute Gasteiger partial charge is 0.241 e. The molecule has 27 heavy (non-hydrogen) atoms. The Balaban J connectivity index is 0.00000261. The van der Waals surface area contributed by atoms with Crippen LogP contribution in [0.3, 0.4) is 0 Å². The fourth-order valence-corrected chi connectivity index (χ4v) is 3.50. The SMILES string of the molecule is Cl.NS(=O)(=O)c1ccc(CNC(=O)Cn2ccc(C3CCCNC3)n2)cc1. The molecule has 2 aromatic rings. The molecule has 0 bridgehead atoms. The minimum absolute atomic E-state index is 0. The molecule has 0 aliphatic carbocycles. The molecule has 4 N–H and O–H groups in total. The van der Waals surface area contributed by atoms with Crippen LogP contribution >= 0.6 is 12.4 Å². The third-order valence-corrected chi connectivity index (χ3v) is 5.35. The molecule has 1 aromatic heterocycles. The Morgan fingerprint density at radius 1 is 1.30 bits per heavy atom. The fourth-order valence-electron chi connectivity index (χ4n) is 2.99. The first-order valence-corrected chi connectivity index (χ1v) is 10.1. The van der Waals surface area contributed by atoms with Gasteiger partial charge in [0.25, 0.3) is 0 Å². The number of hydrogen-bond donors (Lipinski definition) is 3. The van der Waals surface area contributed by atoms with Crippen LogP contribution in [0, 0.1) is 0 Å². The van der Waals surface area contributed by atoms with Gasteiger partial charge in [0, 0.05) is 25.2 Å². The number of halogens is 1. The summed E-state index contributed by atoms with van der Waals surface area (Å²) in [4.78, 5) is 12.1. The number of sulfonamides is 1. The van der Waals surface area contributed by atoms with E-state index in [1.165, 1.54) is 12.1 Å². The van der Waals surface area contributed by atoms with Crippen LogP contribution in [0.15, 0.2) is 41.4 Å². The molecule has 148 valence electrons. The lowest BCUT2D eigenvalue weighted by molar-refractivity contribution is -0.122. The number of nitrogens with one attached hydrogen (secondary N) is 2. The van der Waals surface area contributed by atoms with E-state index < -0.39 is 10.0 Å². The van der Waals surface area contributed by atoms with Crippen LogP contribution in [-0.2, 0) is 27.9 Å². The Kier molecular flexibility index (Phi) is 7.37. The summed E-state index contributed by atoms with van der Waals surface area (Å²) >= 11 is 0. The monoisotopic (exact) mass is 413 g/mol. The van der Waals surface area contributed by atoms with Gasteiger partial charge in [0.15, 0.2) is 0 Å². The molecule has 1 aromatic carbocycles. The van der Waals surface area contributed by atoms with Crippen LogP contribution < -0.4 is 15.8 Å². The molecule has 8 nitrogen and oxygen atoms in total. The van der Waals surface area contributed by atoms with Gasteiger partial charge >= 0.3 is 0 Å². The normalized spacial score (nSPS) is 17.1. The van der Waals surface area contributed by atoms with Gasteiger partial charge in [0.2, 0.25) is 15.9 Å². The first kappa shape index (κ1) is 21.4. The van der Waals surface area contributed by atoms with E-state index in [1.54, 1.807) is 16.8 Å². The number of nitrogens with zero attached hydrogens (tertiary/aromatic N) is 2. The van der Waals surface area contributed by atoms with Gasteiger partial charge < -0.3 is 10.6 Å². The Morgan fingerprint density at radius 3 is 2.67 bits per heavy atom. The zero-order chi connectivity index (χ0) is 18.6. The number of piperidine rings is 1. The predicted molar refractivity (Wildman–Crippen MR) is 104 cm³/mol. The van der Waals surface area contributed by atoms with Crippen molar-refractivity contribution in [1.29, 1.82) is 0 Å². The maximum atomic E-state index is 12.1. The standard InChI is InChI=1S/C17H23N5O3S.ClH/c18-26(24,25)15-5-3-13(4-6-15)10-20-17(23)12-22-9-7-16(21-22)14-2-1-8-19-11-14;/h3-7,9,14,19H,1-2,8,10-12H2,(H,20,23)(H2,18,24,25);1H. The molecule has 0 radical (unpaired) electrons. The maximum absolute atomic E-state index is 12.1. The van der Waals surface area contributed by atoms with E-state index in [0.29, 0.717) is 12.5 Å². The summed E-state index contributed by atoms with van der Waals surface area (Å²) in [5.74, 6) is 0.252. The predicted octanol–water partition coefficient (Wildman–Crippen LogP) is 0.736. The molecular weight excluding hydrogens is 390 g/mol. The summed E-state index contributed by atoms with van der Waals surface area (Å²) < 4.78 is 24.1. The number of rotatable bonds is 6. The van der Waals surface area contributed by atoms with Crippen LogP contribution in [0.4, 0.5) is 0 Å². The summed E-state index contributed by atoms with van der Waals surface area (Å²) in [6.45, 7) is 2.44. The lowest BCUT2D eigenvalue weighted by Crippen LogP contribution is -2.29. The summed E-state index contributed by atoms with van der Waals surface area (Å²) in [7, 11) is -3.70. The topological polar surface area (TPSA) is 119 Å². The largest absolute Gasteiger partial charge is 0.350 e. The van der Waals surface area contributed by atoms with Gasteiger partial charge in [-0.1, -0.05) is 12.1 Å². The summed E-state index contributed by atoms with van der Waals surface area (Å²) in [6.07, 6.45) is 4.08. The summed E-state index contributed by atoms with van der Waals surface area (Å²) in [5.41, 5.74) is 1.81. The maximum Gasteiger partial charge on any atom is 0.241 e. The molecule has 1 saturated heterocycles. The molecule has 0 saturated carbocycles. The quantitative estimate of drug-likeness (QED) is 0.645. The number of nitrogens with two attached hydrogens (primary N) is 1. The van der Waals surface area contributed by atoms with Gasteiger partial charge in [-0.2, -0.15) is 5.10 Å². The summed E-state index contributed by atoms with van der Waals surface area (Å²) in [5, 5.41) is 15.7. The van der Waals surface area contributed by atoms with Crippen molar-refractivity contribution >= 4 is 28.3 Å². The second kappa shape index (κ2) is 9.32. The van der Waals surface area contributed by atoms with Crippen molar-refractivity contribution < 1.29 is 13.2 Å². The Hall–Kier alpha value is -1.94. The highest BCUT2D eigenvalue weighted by atomic mass is 35.5. The average molecular weight is 414 g/mol. The highest BCUT2D eigenvalue weighted by Crippen LogP contribution is 2.21. The molecule has 2 heterocycles. The molecule has 1 unspecified atom stereocenters. The minimum Gasteiger partial charge on any atom is -0.350 e. The van der Waals surface area contributed by atoms with E-state index in [1.807, 2.05) is 12.3 Å². The Bertz CT molecular complexity index is 861. The summed E-state index contributed by atoms with van der Waals surface area (Å²) in [6, 6.07) is 8.07. The fraction of sp³-hybridized carbons (Fsp3) is 0.412. The highest BCUT2D eigenvalue weighted by molar-refractivity contribution is 7.89. The third kappa shape index (κ3) is 6.03. The third-order valence-electron chi connectivity index (χ3n) is 4.42. The second-order valence-corrected chi connectivity index (χ2v) is 8.01. The van der Waals surface area contributed by atoms with E-state index >= 15 is 0 Å². The van der Waals surface area contributed by atoms with Crippen LogP contribution in [0.25, 0.3) is 0 Å². The lowest BCUT2D eigenvalue weighted by atomic mass is 9.97. The molecule has 0 spiro atoms. The van der Waals surface area contributed by atoms with Gasteiger partial charge in [0.1, 0.15) is 6.54 Å². The molecule has 1 amide bonds. The number of primary sulfonamides is 1. The first-order chi connectivity index (χ1) is 12.4. The van der Waals surface area contributed by atoms with Crippen molar-refractivity contribution in [2.75, 3.05) is 13.1 Å². The zero-order valence-corrected chi connectivity index (χ0v) is 16.4. The van der Waals surface area contributed by atoms with E-state index in [0.717, 1.165) is 37.2 Å². The van der Waals surface area contributed by atoms with Crippen molar-refractivity contribution in [3.63, 3.8) is 0 Å². The van der Waals surface area contributed by atoms with Gasteiger partial charge in [-0.3, -0.25) is 9.48 Å². The van der Waals surface area contributed by atoms with E-state index in [9.17, 15) is 13.2 Å². The van der Waals surface area contributed by atoms with E-state index in [-0.39, 0.29) is 29.8 Å². The van der Waals surface area contributed by atoms with Crippen LogP contribution in [0.5, 0.6) is 0 Å². The number of benzene rings is 1. The molecule has 1 aliphatic rings. The van der Waals surface area contributed by atoms with Crippen LogP contribution in [-0.4, -0.2) is 37.2 Å². The minimum atomic E-state index is -3.70. The van der Waals surface area contributed by atoms with Crippen molar-refractivity contribution in [2.24, 2.45) is 5.14 Å². The van der Waals surface area contributed by atoms with Crippen molar-refractivity contribution in [3.8, 4) is 0 Å². The zero-order valence-electron chi connectivity index (χ0n) is 14.8. The number of hydrogen-bond acceptors (Lipinski definition) is 5. The highest BCUT2D eigenvalue weighted by Gasteiger charge is 2.17. The molecular formula is C17H24ClN5O3S. The molecule has 3 rings (SSSR count). The van der Waals surface area contributed by atoms with E-state index in [2.05, 4.69) is 15.7 Å². The van der Waals surface area contributed by atoms with Crippen molar-refractivity contribution in [3.05, 3.63) is 47.8 Å². The molecule has 1 fully saturated rings. The molecule has 1 atom stereocenters. The molecule has 1 aliphatic heterocycles. The van der Waals surface area contributed by atoms with Crippen LogP contribution in [0.2, 0.25) is 0 Å². The number of carbonyl (C=O) groups is 1. The van der Waals surface area contributed by atoms with Crippen molar-refractivity contribution in [1.82, 2.24) is 20.4 Å². The van der Waals surface area contributed by atoms with Gasteiger partial charge in [-0.15, -0.1) is 12.4 Å². The van der Waals surface area contributed by atoms with Gasteiger partial charge in [0.05, 0.1) is 10.6 Å². The van der Waals surface area contributed by atoms with Crippen LogP contribution in [0.1, 0.15) is 30.0 Å². The Labute approximate surface area is 165 Å². The number of amides is 1. The van der Waals surface area contributed by atoms with Gasteiger partial charge in [-0.05, 0) is 43.1 Å². The first-order valence-electron chi connectivity index (χ1n) is 8.54.